The summed E-state index contributed by atoms with van der Waals surface area (Å²) in [5.74, 6) is 0. The first-order valence-electron chi connectivity index (χ1n) is 6.37. The quantitative estimate of drug-likeness (QED) is 0.802. The fourth-order valence-electron chi connectivity index (χ4n) is 2.06. The van der Waals surface area contributed by atoms with Gasteiger partial charge in [-0.05, 0) is 54.8 Å². The molecule has 0 aliphatic heterocycles. The number of hydrogen-bond acceptors (Lipinski definition) is 2. The Morgan fingerprint density at radius 1 is 1.16 bits per heavy atom. The lowest BCUT2D eigenvalue weighted by atomic mass is 10.0. The third-order valence-corrected chi connectivity index (χ3v) is 4.74. The summed E-state index contributed by atoms with van der Waals surface area (Å²) in [6.07, 6.45) is 4.12. The van der Waals surface area contributed by atoms with E-state index in [1.54, 1.807) is 0 Å². The highest BCUT2D eigenvalue weighted by Crippen LogP contribution is 2.23. The van der Waals surface area contributed by atoms with Crippen LogP contribution in [-0.4, -0.2) is 6.04 Å². The van der Waals surface area contributed by atoms with Crippen molar-refractivity contribution in [3.8, 4) is 0 Å². The molecule has 4 heteroatoms. The standard InChI is InChI=1S/C15H17Cl2NS/c16-14-7-6-11(10-15(14)17)9-12(18)3-1-4-13-5-2-8-19-13/h2,5-8,10,12H,1,3-4,9,18H2. The molecule has 1 unspecified atom stereocenters. The summed E-state index contributed by atoms with van der Waals surface area (Å²) >= 11 is 13.7. The summed E-state index contributed by atoms with van der Waals surface area (Å²) in [6, 6.07) is 10.2. The first-order valence-corrected chi connectivity index (χ1v) is 8.00. The minimum atomic E-state index is 0.178. The van der Waals surface area contributed by atoms with Crippen molar-refractivity contribution in [3.05, 3.63) is 56.2 Å². The summed E-state index contributed by atoms with van der Waals surface area (Å²) < 4.78 is 0. The van der Waals surface area contributed by atoms with E-state index in [0.717, 1.165) is 31.2 Å². The minimum Gasteiger partial charge on any atom is -0.327 e. The Kier molecular flexibility index (Phi) is 5.71. The molecule has 0 amide bonds. The van der Waals surface area contributed by atoms with Crippen molar-refractivity contribution in [2.24, 2.45) is 5.73 Å². The number of benzene rings is 1. The molecule has 2 rings (SSSR count). The van der Waals surface area contributed by atoms with Crippen molar-refractivity contribution >= 4 is 34.5 Å². The van der Waals surface area contributed by atoms with E-state index >= 15 is 0 Å². The van der Waals surface area contributed by atoms with Gasteiger partial charge in [-0.2, -0.15) is 0 Å². The number of thiophene rings is 1. The van der Waals surface area contributed by atoms with Gasteiger partial charge in [0.15, 0.2) is 0 Å². The molecule has 0 spiro atoms. The molecule has 0 saturated carbocycles. The van der Waals surface area contributed by atoms with Crippen LogP contribution in [0.4, 0.5) is 0 Å². The van der Waals surface area contributed by atoms with E-state index < -0.39 is 0 Å². The fourth-order valence-corrected chi connectivity index (χ4v) is 3.14. The van der Waals surface area contributed by atoms with Gasteiger partial charge in [-0.3, -0.25) is 0 Å². The van der Waals surface area contributed by atoms with Crippen LogP contribution in [0, 0.1) is 0 Å². The van der Waals surface area contributed by atoms with Crippen LogP contribution in [0.2, 0.25) is 10.0 Å². The summed E-state index contributed by atoms with van der Waals surface area (Å²) in [7, 11) is 0. The molecule has 1 aromatic heterocycles. The van der Waals surface area contributed by atoms with Crippen LogP contribution in [0.25, 0.3) is 0 Å². The maximum atomic E-state index is 6.16. The van der Waals surface area contributed by atoms with E-state index in [0.29, 0.717) is 10.0 Å². The minimum absolute atomic E-state index is 0.178. The highest BCUT2D eigenvalue weighted by atomic mass is 35.5. The molecule has 0 aliphatic carbocycles. The van der Waals surface area contributed by atoms with Gasteiger partial charge in [0, 0.05) is 10.9 Å². The average molecular weight is 314 g/mol. The van der Waals surface area contributed by atoms with Gasteiger partial charge in [0.25, 0.3) is 0 Å². The van der Waals surface area contributed by atoms with Crippen LogP contribution in [-0.2, 0) is 12.8 Å². The molecule has 1 nitrogen and oxygen atoms in total. The lowest BCUT2D eigenvalue weighted by Gasteiger charge is -2.11. The monoisotopic (exact) mass is 313 g/mol. The fraction of sp³-hybridized carbons (Fsp3) is 0.333. The first-order chi connectivity index (χ1) is 9.15. The van der Waals surface area contributed by atoms with Crippen LogP contribution in [0.15, 0.2) is 35.7 Å². The van der Waals surface area contributed by atoms with Crippen molar-refractivity contribution in [1.82, 2.24) is 0 Å². The third kappa shape index (κ3) is 4.81. The third-order valence-electron chi connectivity index (χ3n) is 3.06. The molecule has 0 aliphatic rings. The van der Waals surface area contributed by atoms with Gasteiger partial charge in [-0.25, -0.2) is 0 Å². The Morgan fingerprint density at radius 2 is 2.00 bits per heavy atom. The van der Waals surface area contributed by atoms with Gasteiger partial charge in [0.2, 0.25) is 0 Å². The molecule has 1 heterocycles. The van der Waals surface area contributed by atoms with E-state index in [4.69, 9.17) is 28.9 Å². The summed E-state index contributed by atoms with van der Waals surface area (Å²) in [6.45, 7) is 0. The second-order valence-electron chi connectivity index (χ2n) is 4.68. The Bertz CT molecular complexity index is 511. The normalized spacial score (nSPS) is 12.6. The van der Waals surface area contributed by atoms with Gasteiger partial charge in [0.05, 0.1) is 10.0 Å². The predicted octanol–water partition coefficient (Wildman–Crippen LogP) is 4.95. The van der Waals surface area contributed by atoms with Crippen LogP contribution >= 0.6 is 34.5 Å². The lowest BCUT2D eigenvalue weighted by molar-refractivity contribution is 0.582. The highest BCUT2D eigenvalue weighted by Gasteiger charge is 2.06. The molecular formula is C15H17Cl2NS. The van der Waals surface area contributed by atoms with Gasteiger partial charge in [-0.1, -0.05) is 35.3 Å². The summed E-state index contributed by atoms with van der Waals surface area (Å²) in [5, 5.41) is 3.31. The van der Waals surface area contributed by atoms with E-state index in [1.807, 2.05) is 29.5 Å². The largest absolute Gasteiger partial charge is 0.327 e. The first kappa shape index (κ1) is 14.9. The SMILES string of the molecule is NC(CCCc1cccs1)Cc1ccc(Cl)c(Cl)c1. The zero-order valence-electron chi connectivity index (χ0n) is 10.6. The predicted molar refractivity (Wildman–Crippen MR) is 85.4 cm³/mol. The van der Waals surface area contributed by atoms with E-state index in [1.165, 1.54) is 4.88 Å². The Balaban J connectivity index is 1.77. The van der Waals surface area contributed by atoms with Crippen molar-refractivity contribution in [1.29, 1.82) is 0 Å². The number of halogens is 2. The number of hydrogen-bond donors (Lipinski definition) is 1. The van der Waals surface area contributed by atoms with Gasteiger partial charge in [-0.15, -0.1) is 11.3 Å². The summed E-state index contributed by atoms with van der Waals surface area (Å²) in [4.78, 5) is 1.43. The molecule has 0 radical (unpaired) electrons. The molecule has 0 fully saturated rings. The Labute approximate surface area is 128 Å². The molecule has 102 valence electrons. The number of nitrogens with two attached hydrogens (primary N) is 1. The summed E-state index contributed by atoms with van der Waals surface area (Å²) in [5.41, 5.74) is 7.31. The molecule has 2 aromatic rings. The van der Waals surface area contributed by atoms with E-state index in [-0.39, 0.29) is 6.04 Å². The molecular weight excluding hydrogens is 297 g/mol. The van der Waals surface area contributed by atoms with Crippen molar-refractivity contribution in [2.75, 3.05) is 0 Å². The topological polar surface area (TPSA) is 26.0 Å². The van der Waals surface area contributed by atoms with Gasteiger partial charge in [0.1, 0.15) is 0 Å². The van der Waals surface area contributed by atoms with Crippen LogP contribution in [0.3, 0.4) is 0 Å². The zero-order chi connectivity index (χ0) is 13.7. The molecule has 1 aromatic carbocycles. The van der Waals surface area contributed by atoms with Crippen molar-refractivity contribution in [3.63, 3.8) is 0 Å². The molecule has 1 atom stereocenters. The lowest BCUT2D eigenvalue weighted by Crippen LogP contribution is -2.22. The molecule has 19 heavy (non-hydrogen) atoms. The Hall–Kier alpha value is -0.540. The Morgan fingerprint density at radius 3 is 2.68 bits per heavy atom. The smallest absolute Gasteiger partial charge is 0.0595 e. The van der Waals surface area contributed by atoms with Gasteiger partial charge < -0.3 is 5.73 Å². The highest BCUT2D eigenvalue weighted by molar-refractivity contribution is 7.09. The average Bonchev–Trinajstić information content (AvgIpc) is 2.87. The molecule has 2 N–H and O–H groups in total. The van der Waals surface area contributed by atoms with Crippen LogP contribution in [0.1, 0.15) is 23.3 Å². The van der Waals surface area contributed by atoms with Crippen molar-refractivity contribution < 1.29 is 0 Å². The second-order valence-corrected chi connectivity index (χ2v) is 6.53. The van der Waals surface area contributed by atoms with E-state index in [9.17, 15) is 0 Å². The van der Waals surface area contributed by atoms with E-state index in [2.05, 4.69) is 17.5 Å². The van der Waals surface area contributed by atoms with Crippen LogP contribution in [0.5, 0.6) is 0 Å². The second kappa shape index (κ2) is 7.30. The van der Waals surface area contributed by atoms with Crippen LogP contribution < -0.4 is 5.73 Å². The van der Waals surface area contributed by atoms with Crippen molar-refractivity contribution in [2.45, 2.75) is 31.7 Å². The van der Waals surface area contributed by atoms with Gasteiger partial charge >= 0.3 is 0 Å². The maximum absolute atomic E-state index is 6.16. The molecule has 0 bridgehead atoms. The number of aryl methyl sites for hydroxylation is 1. The maximum Gasteiger partial charge on any atom is 0.0595 e. The number of rotatable bonds is 6. The molecule has 0 saturated heterocycles. The zero-order valence-corrected chi connectivity index (χ0v) is 12.9.